The van der Waals surface area contributed by atoms with Crippen molar-refractivity contribution in [3.8, 4) is 11.5 Å². The Hall–Kier alpha value is -2.54. The molecule has 2 aromatic rings. The maximum atomic E-state index is 12.7. The van der Waals surface area contributed by atoms with Crippen LogP contribution in [0.2, 0.25) is 0 Å². The SMILES string of the molecule is O=C(Nc1ccc2c(c1)OC1(CCCC1)O2)C1CCN(C(=O)c2cccs2)CC1. The summed E-state index contributed by atoms with van der Waals surface area (Å²) in [5.74, 6) is 0.950. The number of amides is 2. The molecule has 2 aliphatic heterocycles. The number of ether oxygens (including phenoxy) is 2. The van der Waals surface area contributed by atoms with Gasteiger partial charge < -0.3 is 19.7 Å². The third-order valence-electron chi connectivity index (χ3n) is 6.05. The molecule has 6 nitrogen and oxygen atoms in total. The molecule has 1 aromatic heterocycles. The second-order valence-electron chi connectivity index (χ2n) is 8.02. The number of fused-ring (bicyclic) bond motifs is 1. The lowest BCUT2D eigenvalue weighted by Crippen LogP contribution is -2.41. The molecule has 2 amide bonds. The zero-order valence-corrected chi connectivity index (χ0v) is 17.0. The maximum Gasteiger partial charge on any atom is 0.263 e. The number of rotatable bonds is 3. The highest BCUT2D eigenvalue weighted by Crippen LogP contribution is 2.47. The molecule has 1 aliphatic carbocycles. The monoisotopic (exact) mass is 412 g/mol. The molecular weight excluding hydrogens is 388 g/mol. The van der Waals surface area contributed by atoms with Gasteiger partial charge in [-0.05, 0) is 49.3 Å². The molecule has 1 saturated carbocycles. The van der Waals surface area contributed by atoms with Crippen molar-refractivity contribution in [1.82, 2.24) is 4.90 Å². The van der Waals surface area contributed by atoms with Crippen molar-refractivity contribution < 1.29 is 19.1 Å². The van der Waals surface area contributed by atoms with Crippen LogP contribution in [0.25, 0.3) is 0 Å². The van der Waals surface area contributed by atoms with Gasteiger partial charge >= 0.3 is 0 Å². The summed E-state index contributed by atoms with van der Waals surface area (Å²) in [6.07, 6.45) is 5.40. The van der Waals surface area contributed by atoms with Crippen molar-refractivity contribution in [3.63, 3.8) is 0 Å². The fourth-order valence-corrected chi connectivity index (χ4v) is 5.13. The Morgan fingerprint density at radius 1 is 1.07 bits per heavy atom. The number of likely N-dealkylation sites (tertiary alicyclic amines) is 1. The highest BCUT2D eigenvalue weighted by atomic mass is 32.1. The zero-order valence-electron chi connectivity index (χ0n) is 16.2. The van der Waals surface area contributed by atoms with E-state index in [-0.39, 0.29) is 17.7 Å². The molecule has 0 atom stereocenters. The quantitative estimate of drug-likeness (QED) is 0.817. The van der Waals surface area contributed by atoms with E-state index in [1.807, 2.05) is 40.6 Å². The molecule has 152 valence electrons. The summed E-state index contributed by atoms with van der Waals surface area (Å²) in [5.41, 5.74) is 0.726. The minimum absolute atomic E-state index is 0.00247. The second-order valence-corrected chi connectivity index (χ2v) is 8.96. The lowest BCUT2D eigenvalue weighted by molar-refractivity contribution is -0.121. The topological polar surface area (TPSA) is 67.9 Å². The summed E-state index contributed by atoms with van der Waals surface area (Å²) in [6.45, 7) is 1.22. The zero-order chi connectivity index (χ0) is 19.8. The van der Waals surface area contributed by atoms with Crippen LogP contribution >= 0.6 is 11.3 Å². The number of thiophene rings is 1. The number of nitrogens with zero attached hydrogens (tertiary/aromatic N) is 1. The molecule has 3 aliphatic rings. The van der Waals surface area contributed by atoms with E-state index in [2.05, 4.69) is 5.32 Å². The molecule has 0 bridgehead atoms. The summed E-state index contributed by atoms with van der Waals surface area (Å²) in [6, 6.07) is 9.33. The molecule has 29 heavy (non-hydrogen) atoms. The first kappa shape index (κ1) is 18.5. The number of carbonyl (C=O) groups excluding carboxylic acids is 2. The smallest absolute Gasteiger partial charge is 0.263 e. The van der Waals surface area contributed by atoms with Crippen LogP contribution in [-0.4, -0.2) is 35.6 Å². The van der Waals surface area contributed by atoms with E-state index in [4.69, 9.17) is 9.47 Å². The molecule has 1 saturated heterocycles. The predicted molar refractivity (Wildman–Crippen MR) is 110 cm³/mol. The molecule has 1 spiro atoms. The van der Waals surface area contributed by atoms with Gasteiger partial charge in [-0.1, -0.05) is 6.07 Å². The molecule has 3 heterocycles. The third-order valence-corrected chi connectivity index (χ3v) is 6.91. The van der Waals surface area contributed by atoms with Crippen molar-refractivity contribution in [2.75, 3.05) is 18.4 Å². The van der Waals surface area contributed by atoms with Gasteiger partial charge in [-0.15, -0.1) is 11.3 Å². The molecule has 0 radical (unpaired) electrons. The van der Waals surface area contributed by atoms with Crippen LogP contribution in [0.1, 0.15) is 48.2 Å². The fraction of sp³-hybridized carbons (Fsp3) is 0.455. The van der Waals surface area contributed by atoms with E-state index in [1.54, 1.807) is 0 Å². The molecule has 1 aromatic carbocycles. The van der Waals surface area contributed by atoms with Gasteiger partial charge in [0.15, 0.2) is 11.5 Å². The molecular formula is C22H24N2O4S. The van der Waals surface area contributed by atoms with Gasteiger partial charge in [-0.25, -0.2) is 0 Å². The number of anilines is 1. The van der Waals surface area contributed by atoms with Crippen molar-refractivity contribution >= 4 is 28.8 Å². The summed E-state index contributed by atoms with van der Waals surface area (Å²) < 4.78 is 12.1. The summed E-state index contributed by atoms with van der Waals surface area (Å²) in [5, 5.41) is 4.93. The van der Waals surface area contributed by atoms with E-state index >= 15 is 0 Å². The van der Waals surface area contributed by atoms with E-state index in [9.17, 15) is 9.59 Å². The normalized spacial score (nSPS) is 20.2. The van der Waals surface area contributed by atoms with Gasteiger partial charge in [0.05, 0.1) is 4.88 Å². The van der Waals surface area contributed by atoms with Crippen LogP contribution in [0.4, 0.5) is 5.69 Å². The van der Waals surface area contributed by atoms with Crippen LogP contribution in [0.5, 0.6) is 11.5 Å². The Morgan fingerprint density at radius 3 is 2.55 bits per heavy atom. The Morgan fingerprint density at radius 2 is 1.83 bits per heavy atom. The van der Waals surface area contributed by atoms with Crippen LogP contribution in [-0.2, 0) is 4.79 Å². The first-order valence-corrected chi connectivity index (χ1v) is 11.2. The van der Waals surface area contributed by atoms with Crippen molar-refractivity contribution in [3.05, 3.63) is 40.6 Å². The first-order chi connectivity index (χ1) is 14.1. The largest absolute Gasteiger partial charge is 0.448 e. The standard InChI is InChI=1S/C22H24N2O4S/c25-20(15-7-11-24(12-8-15)21(26)19-4-3-13-29-19)23-16-5-6-17-18(14-16)28-22(27-17)9-1-2-10-22/h3-6,13-15H,1-2,7-12H2,(H,23,25). The van der Waals surface area contributed by atoms with Gasteiger partial charge in [0.2, 0.25) is 5.91 Å². The van der Waals surface area contributed by atoms with Gasteiger partial charge in [0.25, 0.3) is 11.7 Å². The third kappa shape index (κ3) is 3.59. The second kappa shape index (κ2) is 7.37. The maximum absolute atomic E-state index is 12.7. The molecule has 5 rings (SSSR count). The predicted octanol–water partition coefficient (Wildman–Crippen LogP) is 4.28. The van der Waals surface area contributed by atoms with Gasteiger partial charge in [-0.3, -0.25) is 9.59 Å². The number of hydrogen-bond acceptors (Lipinski definition) is 5. The summed E-state index contributed by atoms with van der Waals surface area (Å²) >= 11 is 1.46. The summed E-state index contributed by atoms with van der Waals surface area (Å²) in [4.78, 5) is 27.8. The van der Waals surface area contributed by atoms with Crippen LogP contribution in [0, 0.1) is 5.92 Å². The van der Waals surface area contributed by atoms with Gasteiger partial charge in [0.1, 0.15) is 0 Å². The van der Waals surface area contributed by atoms with E-state index in [1.165, 1.54) is 11.3 Å². The van der Waals surface area contributed by atoms with Crippen molar-refractivity contribution in [1.29, 1.82) is 0 Å². The molecule has 0 unspecified atom stereocenters. The number of piperidine rings is 1. The van der Waals surface area contributed by atoms with Crippen molar-refractivity contribution in [2.24, 2.45) is 5.92 Å². The molecule has 1 N–H and O–H groups in total. The minimum atomic E-state index is -0.493. The first-order valence-electron chi connectivity index (χ1n) is 10.3. The van der Waals surface area contributed by atoms with Crippen molar-refractivity contribution in [2.45, 2.75) is 44.3 Å². The lowest BCUT2D eigenvalue weighted by Gasteiger charge is -2.31. The van der Waals surface area contributed by atoms with Gasteiger partial charge in [0, 0.05) is 43.6 Å². The number of hydrogen-bond donors (Lipinski definition) is 1. The Balaban J connectivity index is 1.18. The number of benzene rings is 1. The number of nitrogens with one attached hydrogen (secondary N) is 1. The molecule has 7 heteroatoms. The minimum Gasteiger partial charge on any atom is -0.448 e. The van der Waals surface area contributed by atoms with E-state index < -0.39 is 5.79 Å². The van der Waals surface area contributed by atoms with E-state index in [0.29, 0.717) is 31.7 Å². The summed E-state index contributed by atoms with van der Waals surface area (Å²) in [7, 11) is 0. The molecule has 2 fully saturated rings. The van der Waals surface area contributed by atoms with Crippen LogP contribution in [0.15, 0.2) is 35.7 Å². The lowest BCUT2D eigenvalue weighted by atomic mass is 9.95. The average Bonchev–Trinajstić information content (AvgIpc) is 3.48. The number of carbonyl (C=O) groups is 2. The fourth-order valence-electron chi connectivity index (χ4n) is 4.43. The van der Waals surface area contributed by atoms with Crippen LogP contribution in [0.3, 0.4) is 0 Å². The highest BCUT2D eigenvalue weighted by molar-refractivity contribution is 7.12. The van der Waals surface area contributed by atoms with E-state index in [0.717, 1.165) is 42.0 Å². The Kier molecular flexibility index (Phi) is 4.70. The highest BCUT2D eigenvalue weighted by Gasteiger charge is 2.44. The Labute approximate surface area is 173 Å². The van der Waals surface area contributed by atoms with Gasteiger partial charge in [-0.2, -0.15) is 0 Å². The average molecular weight is 413 g/mol. The Bertz CT molecular complexity index is 913. The van der Waals surface area contributed by atoms with Crippen LogP contribution < -0.4 is 14.8 Å².